The number of alkyl halides is 9. The molecule has 252 valence electrons. The third kappa shape index (κ3) is 9.03. The van der Waals surface area contributed by atoms with Crippen molar-refractivity contribution in [2.24, 2.45) is 0 Å². The number of ether oxygens (including phenoxy) is 1. The number of pyridine rings is 1. The van der Waals surface area contributed by atoms with E-state index in [1.165, 1.54) is 41.5 Å². The number of carbonyl (C=O) groups is 1. The molecule has 3 rings (SSSR count). The van der Waals surface area contributed by atoms with E-state index >= 15 is 0 Å². The van der Waals surface area contributed by atoms with Gasteiger partial charge in [-0.2, -0.15) is 39.5 Å². The molecule has 2 heterocycles. The molecule has 1 aliphatic heterocycles. The predicted octanol–water partition coefficient (Wildman–Crippen LogP) is 9.03. The quantitative estimate of drug-likeness (QED) is 0.317. The van der Waals surface area contributed by atoms with Crippen molar-refractivity contribution in [3.05, 3.63) is 63.4 Å². The van der Waals surface area contributed by atoms with E-state index in [0.29, 0.717) is 18.2 Å². The number of nitrogens with zero attached hydrogens (tertiary/aromatic N) is 2. The number of rotatable bonds is 5. The van der Waals surface area contributed by atoms with Crippen LogP contribution in [-0.2, 0) is 34.3 Å². The Balaban J connectivity index is 2.30. The van der Waals surface area contributed by atoms with Crippen molar-refractivity contribution in [2.75, 3.05) is 0 Å². The molecule has 0 spiro atoms. The summed E-state index contributed by atoms with van der Waals surface area (Å²) >= 11 is 6.24. The normalized spacial score (nSPS) is 19.9. The van der Waals surface area contributed by atoms with E-state index in [9.17, 15) is 48.5 Å². The maximum Gasteiger partial charge on any atom is 0.433 e. The van der Waals surface area contributed by atoms with Crippen LogP contribution in [-0.4, -0.2) is 36.6 Å². The minimum absolute atomic E-state index is 0.0697. The number of aromatic nitrogens is 1. The summed E-state index contributed by atoms with van der Waals surface area (Å²) in [5.74, 6) is 0. The van der Waals surface area contributed by atoms with E-state index in [2.05, 4.69) is 9.71 Å². The Bertz CT molecular complexity index is 1400. The van der Waals surface area contributed by atoms with Crippen LogP contribution in [0, 0.1) is 0 Å². The monoisotopic (exact) mass is 695 g/mol. The summed E-state index contributed by atoms with van der Waals surface area (Å²) in [5.41, 5.74) is -6.64. The van der Waals surface area contributed by atoms with Gasteiger partial charge in [-0.25, -0.2) is 13.7 Å². The van der Waals surface area contributed by atoms with Gasteiger partial charge in [-0.05, 0) is 89.8 Å². The van der Waals surface area contributed by atoms with Gasteiger partial charge in [0.25, 0.3) is 0 Å². The maximum absolute atomic E-state index is 13.8. The molecule has 0 saturated carbocycles. The first-order valence-corrected chi connectivity index (χ1v) is 14.9. The van der Waals surface area contributed by atoms with Gasteiger partial charge < -0.3 is 4.74 Å². The van der Waals surface area contributed by atoms with Crippen molar-refractivity contribution in [3.8, 4) is 0 Å². The summed E-state index contributed by atoms with van der Waals surface area (Å²) in [5, 5.41) is -0.275. The third-order valence-electron chi connectivity index (χ3n) is 6.71. The molecule has 1 aromatic heterocycles. The van der Waals surface area contributed by atoms with E-state index in [1.54, 1.807) is 0 Å². The highest BCUT2D eigenvalue weighted by atomic mass is 35.5. The van der Waals surface area contributed by atoms with Gasteiger partial charge in [0.15, 0.2) is 0 Å². The van der Waals surface area contributed by atoms with E-state index < -0.39 is 86.5 Å². The summed E-state index contributed by atoms with van der Waals surface area (Å²) in [4.78, 5) is 17.9. The van der Waals surface area contributed by atoms with Gasteiger partial charge in [0.05, 0.1) is 50.0 Å². The van der Waals surface area contributed by atoms with Gasteiger partial charge in [0.2, 0.25) is 0 Å². The van der Waals surface area contributed by atoms with Crippen LogP contribution in [0.1, 0.15) is 94.4 Å². The summed E-state index contributed by atoms with van der Waals surface area (Å²) in [6, 6.07) is -2.83. The zero-order valence-corrected chi connectivity index (χ0v) is 26.4. The number of likely N-dealkylation sites (tertiary alicyclic amines) is 1. The number of benzene rings is 1. The summed E-state index contributed by atoms with van der Waals surface area (Å²) < 4.78 is 144. The molecule has 0 aliphatic carbocycles. The summed E-state index contributed by atoms with van der Waals surface area (Å²) in [7, 11) is -2.12. The Hall–Kier alpha value is -2.59. The Morgan fingerprint density at radius 3 is 1.89 bits per heavy atom. The van der Waals surface area contributed by atoms with Crippen molar-refractivity contribution in [1.29, 1.82) is 0 Å². The lowest BCUT2D eigenvalue weighted by Crippen LogP contribution is -2.49. The van der Waals surface area contributed by atoms with Crippen molar-refractivity contribution in [2.45, 2.75) is 101 Å². The fraction of sp³-hybridized carbons (Fsp3) is 0.571. The molecule has 45 heavy (non-hydrogen) atoms. The fourth-order valence-corrected chi connectivity index (χ4v) is 5.84. The van der Waals surface area contributed by atoms with E-state index in [4.69, 9.17) is 16.3 Å². The first kappa shape index (κ1) is 36.9. The van der Waals surface area contributed by atoms with Crippen LogP contribution in [0.3, 0.4) is 0 Å². The molecule has 1 saturated heterocycles. The van der Waals surface area contributed by atoms with E-state index in [0.717, 1.165) is 11.1 Å². The molecular weight excluding hydrogens is 665 g/mol. The molecule has 17 heteroatoms. The fourth-order valence-electron chi connectivity index (χ4n) is 4.73. The molecule has 2 aromatic rings. The van der Waals surface area contributed by atoms with Crippen molar-refractivity contribution >= 4 is 28.7 Å². The predicted molar refractivity (Wildman–Crippen MR) is 148 cm³/mol. The van der Waals surface area contributed by atoms with Crippen molar-refractivity contribution < 1.29 is 53.3 Å². The van der Waals surface area contributed by atoms with Crippen LogP contribution in [0.25, 0.3) is 0 Å². The molecule has 4 atom stereocenters. The third-order valence-corrected chi connectivity index (χ3v) is 8.61. The molecule has 1 fully saturated rings. The zero-order valence-electron chi connectivity index (χ0n) is 24.8. The molecule has 1 amide bonds. The average Bonchev–Trinajstić information content (AvgIpc) is 3.28. The van der Waals surface area contributed by atoms with E-state index in [1.807, 2.05) is 0 Å². The topological polar surface area (TPSA) is 71.5 Å². The highest BCUT2D eigenvalue weighted by Gasteiger charge is 2.47. The van der Waals surface area contributed by atoms with Crippen LogP contribution >= 0.6 is 11.6 Å². The highest BCUT2D eigenvalue weighted by Crippen LogP contribution is 2.46. The lowest BCUT2D eigenvalue weighted by atomic mass is 9.94. The number of amides is 1. The number of nitrogens with one attached hydrogen (secondary N) is 1. The second-order valence-corrected chi connectivity index (χ2v) is 14.9. The molecule has 1 aromatic carbocycles. The number of halogens is 10. The molecule has 0 radical (unpaired) electrons. The van der Waals surface area contributed by atoms with E-state index in [-0.39, 0.29) is 29.5 Å². The molecule has 6 nitrogen and oxygen atoms in total. The Morgan fingerprint density at radius 2 is 1.44 bits per heavy atom. The standard InChI is InChI=1S/C28H31ClF9N3O3S/c1-24(2,3)44-23(42)41-19(17-12-21(28(36,37)38)39-13-18(17)29)7-8-20(41)22(40-45(43)25(4,5)6)14-9-15(26(30,31)32)11-16(10-14)27(33,34)35/h9-13,19-20,22,40H,7-8H2,1-6H3/t19-,20-,22+,45?/m0/s1. The Labute approximate surface area is 261 Å². The molecule has 1 unspecified atom stereocenters. The molecule has 1 aliphatic rings. The SMILES string of the molecule is CC(C)(C)OC(=O)N1[C@H](c2cc(C(F)(F)F)ncc2Cl)CC[C@H]1[C@H](NS(=O)C(C)(C)C)c1cc(C(F)(F)F)cc(C(F)(F)F)c1. The van der Waals surface area contributed by atoms with Gasteiger partial charge in [-0.1, -0.05) is 11.6 Å². The first-order valence-electron chi connectivity index (χ1n) is 13.4. The lowest BCUT2D eigenvalue weighted by molar-refractivity contribution is -0.143. The van der Waals surface area contributed by atoms with Crippen LogP contribution < -0.4 is 4.72 Å². The Morgan fingerprint density at radius 1 is 0.911 bits per heavy atom. The zero-order chi connectivity index (χ0) is 34.5. The van der Waals surface area contributed by atoms with Crippen molar-refractivity contribution in [1.82, 2.24) is 14.6 Å². The van der Waals surface area contributed by atoms with Crippen LogP contribution in [0.5, 0.6) is 0 Å². The number of hydrogen-bond acceptors (Lipinski definition) is 4. The van der Waals surface area contributed by atoms with Crippen molar-refractivity contribution in [3.63, 3.8) is 0 Å². The molecule has 0 bridgehead atoms. The summed E-state index contributed by atoms with van der Waals surface area (Å²) in [6.07, 6.45) is -16.0. The summed E-state index contributed by atoms with van der Waals surface area (Å²) in [6.45, 7) is 8.95. The largest absolute Gasteiger partial charge is 0.444 e. The molecule has 1 N–H and O–H groups in total. The second kappa shape index (κ2) is 12.5. The highest BCUT2D eigenvalue weighted by molar-refractivity contribution is 7.84. The lowest BCUT2D eigenvalue weighted by Gasteiger charge is -2.38. The smallest absolute Gasteiger partial charge is 0.433 e. The minimum atomic E-state index is -5.22. The number of hydrogen-bond donors (Lipinski definition) is 1. The average molecular weight is 696 g/mol. The second-order valence-electron chi connectivity index (χ2n) is 12.5. The van der Waals surface area contributed by atoms with Crippen LogP contribution in [0.4, 0.5) is 44.3 Å². The maximum atomic E-state index is 13.8. The van der Waals surface area contributed by atoms with Gasteiger partial charge in [-0.3, -0.25) is 9.88 Å². The minimum Gasteiger partial charge on any atom is -0.444 e. The van der Waals surface area contributed by atoms with Gasteiger partial charge >= 0.3 is 24.6 Å². The first-order chi connectivity index (χ1) is 20.2. The van der Waals surface area contributed by atoms with Gasteiger partial charge in [-0.15, -0.1) is 0 Å². The van der Waals surface area contributed by atoms with Gasteiger partial charge in [0.1, 0.15) is 11.3 Å². The Kier molecular flexibility index (Phi) is 10.3. The van der Waals surface area contributed by atoms with Crippen LogP contribution in [0.15, 0.2) is 30.5 Å². The number of carbonyl (C=O) groups excluding carboxylic acids is 1. The van der Waals surface area contributed by atoms with Crippen LogP contribution in [0.2, 0.25) is 5.02 Å². The van der Waals surface area contributed by atoms with Gasteiger partial charge in [0, 0.05) is 6.20 Å². The molecular formula is C28H31ClF9N3O3S.